The average molecular weight is 491 g/mol. The molecule has 2 aliphatic rings. The zero-order chi connectivity index (χ0) is 24.9. The molecule has 0 radical (unpaired) electrons. The van der Waals surface area contributed by atoms with E-state index in [9.17, 15) is 18.9 Å². The van der Waals surface area contributed by atoms with E-state index in [-0.39, 0.29) is 17.0 Å². The van der Waals surface area contributed by atoms with Gasteiger partial charge in [0.25, 0.3) is 5.91 Å². The molecule has 2 atom stereocenters. The summed E-state index contributed by atoms with van der Waals surface area (Å²) < 4.78 is 31.4. The second kappa shape index (κ2) is 8.20. The van der Waals surface area contributed by atoms with Crippen LogP contribution in [0.3, 0.4) is 0 Å². The van der Waals surface area contributed by atoms with Crippen LogP contribution in [0.5, 0.6) is 0 Å². The van der Waals surface area contributed by atoms with E-state index in [1.807, 2.05) is 0 Å². The van der Waals surface area contributed by atoms with Crippen LogP contribution in [0.4, 0.5) is 14.9 Å². The van der Waals surface area contributed by atoms with Crippen LogP contribution in [-0.4, -0.2) is 53.7 Å². The molecule has 4 N–H and O–H groups in total. The maximum absolute atomic E-state index is 15.2. The number of aromatic nitrogens is 2. The number of rotatable bonds is 3. The summed E-state index contributed by atoms with van der Waals surface area (Å²) in [6.45, 7) is 7.12. The van der Waals surface area contributed by atoms with Crippen molar-refractivity contribution in [3.05, 3.63) is 53.4 Å². The lowest BCUT2D eigenvalue weighted by atomic mass is 9.85. The molecule has 0 saturated carbocycles. The number of amidine groups is 1. The topological polar surface area (TPSA) is 146 Å². The fourth-order valence-corrected chi connectivity index (χ4v) is 8.38. The van der Waals surface area contributed by atoms with Gasteiger partial charge < -0.3 is 10.4 Å². The van der Waals surface area contributed by atoms with E-state index in [0.717, 1.165) is 0 Å². The first kappa shape index (κ1) is 23.9. The van der Waals surface area contributed by atoms with Gasteiger partial charge in [0.05, 0.1) is 15.6 Å². The molecule has 1 fully saturated rings. The molecule has 34 heavy (non-hydrogen) atoms. The number of aryl methyl sites for hydroxylation is 1. The smallest absolute Gasteiger partial charge is 0.410 e. The zero-order valence-corrected chi connectivity index (χ0v) is 20.1. The van der Waals surface area contributed by atoms with E-state index in [0.29, 0.717) is 24.5 Å². The van der Waals surface area contributed by atoms with Gasteiger partial charge in [-0.1, -0.05) is 0 Å². The lowest BCUT2D eigenvalue weighted by Gasteiger charge is -2.51. The van der Waals surface area contributed by atoms with Crippen molar-refractivity contribution in [1.29, 1.82) is 0 Å². The second-order valence-electron chi connectivity index (χ2n) is 9.14. The maximum Gasteiger partial charge on any atom is 0.410 e. The molecule has 0 unspecified atom stereocenters. The number of benzene rings is 1. The molecule has 3 heterocycles. The molecule has 2 aliphatic heterocycles. The number of thiol groups is 1. The van der Waals surface area contributed by atoms with Crippen molar-refractivity contribution in [3.63, 3.8) is 0 Å². The summed E-state index contributed by atoms with van der Waals surface area (Å²) in [6.07, 6.45) is 1.90. The quantitative estimate of drug-likeness (QED) is 0.417. The molecule has 2 amide bonds. The average Bonchev–Trinajstić information content (AvgIpc) is 3.18. The van der Waals surface area contributed by atoms with Crippen LogP contribution in [0.15, 0.2) is 35.6 Å². The van der Waals surface area contributed by atoms with Crippen LogP contribution in [0.1, 0.15) is 48.9 Å². The van der Waals surface area contributed by atoms with Crippen LogP contribution >= 0.6 is 0 Å². The number of amides is 2. The molecule has 12 heteroatoms. The third-order valence-corrected chi connectivity index (χ3v) is 10.8. The van der Waals surface area contributed by atoms with Crippen molar-refractivity contribution in [2.45, 2.75) is 49.7 Å². The molecule has 0 aliphatic carbocycles. The number of aliphatic imine (C=N–C) groups is 1. The minimum atomic E-state index is -3.27. The number of fused-ring (bicyclic) bond motifs is 1. The summed E-state index contributed by atoms with van der Waals surface area (Å²) in [6, 6.07) is 4.06. The maximum atomic E-state index is 15.2. The van der Waals surface area contributed by atoms with Crippen LogP contribution < -0.4 is 15.4 Å². The van der Waals surface area contributed by atoms with Crippen LogP contribution in [0.25, 0.3) is 0 Å². The van der Waals surface area contributed by atoms with Crippen molar-refractivity contribution in [2.24, 2.45) is 4.99 Å². The van der Waals surface area contributed by atoms with E-state index in [1.54, 1.807) is 27.7 Å². The first-order chi connectivity index (χ1) is 15.9. The number of nitrogens with zero attached hydrogens (tertiary/aromatic N) is 3. The van der Waals surface area contributed by atoms with Gasteiger partial charge in [0, 0.05) is 30.2 Å². The van der Waals surface area contributed by atoms with E-state index < -0.39 is 43.5 Å². The summed E-state index contributed by atoms with van der Waals surface area (Å²) in [5.74, 6) is -0.553. The first-order valence-electron chi connectivity index (χ1n) is 10.7. The van der Waals surface area contributed by atoms with Crippen LogP contribution in [-0.2, 0) is 15.7 Å². The van der Waals surface area contributed by atoms with Crippen LogP contribution in [0, 0.1) is 12.7 Å². The van der Waals surface area contributed by atoms with Crippen molar-refractivity contribution < 1.29 is 23.3 Å². The Labute approximate surface area is 197 Å². The summed E-state index contributed by atoms with van der Waals surface area (Å²) >= 11 is 0. The standard InChI is InChI=1S/C22H27FN6O4S/c1-12-24-10-13(11-25-12)18(30)27-14-5-6-16(23)15(9-14)22(4)17-7-8-26-34(17,33)21(2,3)19(29-22)28-20(31)32/h5-6,9-11,17,34H,7-8H2,1-4H3,(H,26,33)(H,27,30)(H,28,29)(H,31,32)/t17-,22+/m0/s1. The molecular weight excluding hydrogens is 463 g/mol. The van der Waals surface area contributed by atoms with E-state index >= 15 is 4.39 Å². The number of anilines is 1. The Balaban J connectivity index is 1.79. The highest BCUT2D eigenvalue weighted by molar-refractivity contribution is 8.04. The molecule has 4 rings (SSSR count). The van der Waals surface area contributed by atoms with Crippen molar-refractivity contribution in [2.75, 3.05) is 11.9 Å². The van der Waals surface area contributed by atoms with Crippen molar-refractivity contribution >= 4 is 33.6 Å². The second-order valence-corrected chi connectivity index (χ2v) is 12.5. The van der Waals surface area contributed by atoms with E-state index in [2.05, 4.69) is 30.3 Å². The van der Waals surface area contributed by atoms with Gasteiger partial charge in [-0.05, 0) is 62.4 Å². The third kappa shape index (κ3) is 3.76. The molecule has 1 aromatic carbocycles. The Morgan fingerprint density at radius 1 is 1.21 bits per heavy atom. The predicted octanol–water partition coefficient (Wildman–Crippen LogP) is 2.14. The van der Waals surface area contributed by atoms with Gasteiger partial charge in [-0.25, -0.2) is 19.2 Å². The number of halogens is 1. The monoisotopic (exact) mass is 490 g/mol. The summed E-state index contributed by atoms with van der Waals surface area (Å²) in [5.41, 5.74) is -0.696. The Bertz CT molecular complexity index is 1250. The van der Waals surface area contributed by atoms with E-state index in [1.165, 1.54) is 30.6 Å². The minimum Gasteiger partial charge on any atom is -0.465 e. The van der Waals surface area contributed by atoms with Gasteiger partial charge >= 0.3 is 6.09 Å². The van der Waals surface area contributed by atoms with Gasteiger partial charge in [0.2, 0.25) is 0 Å². The number of carboxylic acid groups (broad SMARTS) is 1. The first-order valence-corrected chi connectivity index (χ1v) is 12.5. The molecular formula is C22H27FN6O4S. The number of carbonyl (C=O) groups excluding carboxylic acids is 1. The van der Waals surface area contributed by atoms with Crippen LogP contribution in [0.2, 0.25) is 0 Å². The number of nitrogens with one attached hydrogen (secondary N) is 3. The highest BCUT2D eigenvalue weighted by atomic mass is 32.3. The summed E-state index contributed by atoms with van der Waals surface area (Å²) in [5, 5.41) is 13.8. The highest BCUT2D eigenvalue weighted by Gasteiger charge is 2.59. The molecule has 0 spiro atoms. The van der Waals surface area contributed by atoms with Gasteiger partial charge in [-0.2, -0.15) is 0 Å². The summed E-state index contributed by atoms with van der Waals surface area (Å²) in [7, 11) is -3.27. The largest absolute Gasteiger partial charge is 0.465 e. The third-order valence-electron chi connectivity index (χ3n) is 6.64. The van der Waals surface area contributed by atoms with E-state index in [4.69, 9.17) is 0 Å². The predicted molar refractivity (Wildman–Crippen MR) is 127 cm³/mol. The zero-order valence-electron chi connectivity index (χ0n) is 19.2. The Morgan fingerprint density at radius 2 is 1.88 bits per heavy atom. The Hall–Kier alpha value is -3.25. The molecule has 1 aromatic heterocycles. The fourth-order valence-electron chi connectivity index (χ4n) is 4.71. The molecule has 1 saturated heterocycles. The molecule has 10 nitrogen and oxygen atoms in total. The lowest BCUT2D eigenvalue weighted by molar-refractivity contribution is 0.102. The van der Waals surface area contributed by atoms with Gasteiger partial charge in [0.1, 0.15) is 23.0 Å². The van der Waals surface area contributed by atoms with Crippen molar-refractivity contribution in [1.82, 2.24) is 20.0 Å². The minimum absolute atomic E-state index is 0.00197. The SMILES string of the molecule is Cc1ncc(C(=O)Nc2ccc(F)c([C@@]3(C)N=C(NC(=O)O)C(C)(C)[SH]4(=O)NCC[C@@H]34)c2)cn1. The highest BCUT2D eigenvalue weighted by Crippen LogP contribution is 2.49. The van der Waals surface area contributed by atoms with Crippen molar-refractivity contribution in [3.8, 4) is 0 Å². The number of hydrogen-bond donors (Lipinski definition) is 5. The molecule has 0 bridgehead atoms. The van der Waals surface area contributed by atoms with Gasteiger partial charge in [-0.15, -0.1) is 0 Å². The normalized spacial score (nSPS) is 25.6. The Kier molecular flexibility index (Phi) is 5.76. The number of hydrogen-bond acceptors (Lipinski definition) is 6. The number of carbonyl (C=O) groups is 2. The summed E-state index contributed by atoms with van der Waals surface area (Å²) in [4.78, 5) is 36.8. The molecule has 2 aromatic rings. The van der Waals surface area contributed by atoms with Gasteiger partial charge in [-0.3, -0.25) is 24.0 Å². The fraction of sp³-hybridized carbons (Fsp3) is 0.409. The molecule has 182 valence electrons. The Morgan fingerprint density at radius 3 is 2.53 bits per heavy atom. The van der Waals surface area contributed by atoms with Gasteiger partial charge in [0.15, 0.2) is 0 Å². The lowest BCUT2D eigenvalue weighted by Crippen LogP contribution is -2.65.